The summed E-state index contributed by atoms with van der Waals surface area (Å²) in [7, 11) is -5.89. The van der Waals surface area contributed by atoms with Crippen LogP contribution in [0.1, 0.15) is 6.42 Å². The molecule has 0 amide bonds. The van der Waals surface area contributed by atoms with Crippen LogP contribution in [0.3, 0.4) is 0 Å². The monoisotopic (exact) mass is 430 g/mol. The summed E-state index contributed by atoms with van der Waals surface area (Å²) >= 11 is 0. The van der Waals surface area contributed by atoms with Gasteiger partial charge >= 0.3 is 43.4 Å². The van der Waals surface area contributed by atoms with Gasteiger partial charge in [-0.05, 0) is 0 Å². The molecule has 0 aromatic rings. The maximum absolute atomic E-state index is 11.5. The lowest BCUT2D eigenvalue weighted by molar-refractivity contribution is -0.171. The Hall–Kier alpha value is -3.03. The molecule has 16 heteroatoms. The van der Waals surface area contributed by atoms with Gasteiger partial charge in [-0.1, -0.05) is 0 Å². The Morgan fingerprint density at radius 3 is 1.21 bits per heavy atom. The van der Waals surface area contributed by atoms with Gasteiger partial charge in [-0.3, -0.25) is 33.3 Å². The summed E-state index contributed by atoms with van der Waals surface area (Å²) < 4.78 is 11.4. The van der Waals surface area contributed by atoms with Crippen LogP contribution in [0.4, 0.5) is 0 Å². The molecular weight excluding hydrogens is 415 g/mol. The highest BCUT2D eigenvalue weighted by Gasteiger charge is 2.57. The zero-order valence-electron chi connectivity index (χ0n) is 13.5. The Labute approximate surface area is 154 Å². The number of carboxylic acids is 6. The van der Waals surface area contributed by atoms with Gasteiger partial charge < -0.3 is 40.4 Å². The first-order chi connectivity index (χ1) is 12.5. The minimum absolute atomic E-state index is 1.49. The van der Waals surface area contributed by atoms with Crippen molar-refractivity contribution >= 4 is 43.4 Å². The van der Waals surface area contributed by atoms with Crippen LogP contribution in [0.25, 0.3) is 0 Å². The van der Waals surface area contributed by atoms with Crippen molar-refractivity contribution < 1.29 is 73.8 Å². The van der Waals surface area contributed by atoms with E-state index in [2.05, 4.69) is 0 Å². The van der Waals surface area contributed by atoms with E-state index in [1.165, 1.54) is 0 Å². The van der Waals surface area contributed by atoms with E-state index in [0.29, 0.717) is 0 Å². The van der Waals surface area contributed by atoms with Gasteiger partial charge in [0.1, 0.15) is 0 Å². The third kappa shape index (κ3) is 6.00. The number of hydrogen-bond acceptors (Lipinski definition) is 7. The number of carbonyl (C=O) groups is 6. The Morgan fingerprint density at radius 1 is 0.607 bits per heavy atom. The molecule has 0 fully saturated rings. The normalized spacial score (nSPS) is 16.8. The van der Waals surface area contributed by atoms with Crippen LogP contribution < -0.4 is 0 Å². The van der Waals surface area contributed by atoms with Crippen LogP contribution in [0.2, 0.25) is 0 Å². The third-order valence-electron chi connectivity index (χ3n) is 3.73. The zero-order valence-corrected chi connectivity index (χ0v) is 14.4. The maximum Gasteiger partial charge on any atom is 0.340 e. The lowest BCUT2D eigenvalue weighted by Crippen LogP contribution is -2.50. The summed E-state index contributed by atoms with van der Waals surface area (Å²) in [6, 6.07) is 0. The molecule has 0 saturated heterocycles. The first-order valence-corrected chi connectivity index (χ1v) is 8.63. The smallest absolute Gasteiger partial charge is 0.340 e. The molecule has 8 N–H and O–H groups in total. The van der Waals surface area contributed by atoms with Crippen molar-refractivity contribution in [2.24, 2.45) is 23.7 Å². The quantitative estimate of drug-likeness (QED) is 0.154. The molecule has 0 aliphatic rings. The predicted molar refractivity (Wildman–Crippen MR) is 80.2 cm³/mol. The molecule has 5 atom stereocenters. The second-order valence-corrected chi connectivity index (χ2v) is 7.24. The summed E-state index contributed by atoms with van der Waals surface area (Å²) in [6.45, 7) is 0. The van der Waals surface area contributed by atoms with Crippen LogP contribution in [-0.2, 0) is 33.3 Å². The van der Waals surface area contributed by atoms with Crippen LogP contribution in [0.5, 0.6) is 0 Å². The van der Waals surface area contributed by atoms with Gasteiger partial charge in [0.05, 0.1) is 30.1 Å². The van der Waals surface area contributed by atoms with Gasteiger partial charge in [-0.15, -0.1) is 0 Å². The Bertz CT molecular complexity index is 735. The number of aliphatic carboxylic acids is 6. The largest absolute Gasteiger partial charge is 0.481 e. The molecule has 0 aromatic heterocycles. The second-order valence-electron chi connectivity index (χ2n) is 5.51. The number of hydrogen-bond donors (Lipinski definition) is 8. The molecule has 0 spiro atoms. The molecule has 0 aliphatic carbocycles. The molecule has 0 bridgehead atoms. The molecule has 158 valence electrons. The van der Waals surface area contributed by atoms with Crippen molar-refractivity contribution in [3.8, 4) is 0 Å². The molecule has 0 radical (unpaired) electrons. The van der Waals surface area contributed by atoms with E-state index < -0.39 is 79.2 Å². The summed E-state index contributed by atoms with van der Waals surface area (Å²) in [4.78, 5) is 86.0. The van der Waals surface area contributed by atoms with E-state index >= 15 is 0 Å². The molecule has 0 aliphatic heterocycles. The van der Waals surface area contributed by atoms with Gasteiger partial charge in [-0.2, -0.15) is 0 Å². The summed E-state index contributed by atoms with van der Waals surface area (Å²) in [5.41, 5.74) is -3.24. The summed E-state index contributed by atoms with van der Waals surface area (Å²) in [5, 5.41) is 54.4. The fourth-order valence-corrected chi connectivity index (χ4v) is 3.67. The van der Waals surface area contributed by atoms with E-state index in [-0.39, 0.29) is 0 Å². The molecule has 0 heterocycles. The molecule has 0 rings (SSSR count). The second kappa shape index (κ2) is 9.25. The fraction of sp³-hybridized carbons (Fsp3) is 0.500. The summed E-state index contributed by atoms with van der Waals surface area (Å²) in [5.74, 6) is -25.2. The van der Waals surface area contributed by atoms with E-state index in [0.717, 1.165) is 0 Å². The van der Waals surface area contributed by atoms with Crippen LogP contribution in [-0.4, -0.2) is 81.9 Å². The minimum atomic E-state index is -5.89. The van der Waals surface area contributed by atoms with Crippen molar-refractivity contribution in [3.05, 3.63) is 0 Å². The summed E-state index contributed by atoms with van der Waals surface area (Å²) in [6.07, 6.45) is -1.49. The van der Waals surface area contributed by atoms with Gasteiger partial charge in [-0.25, -0.2) is 0 Å². The average molecular weight is 430 g/mol. The number of rotatable bonds is 12. The van der Waals surface area contributed by atoms with Gasteiger partial charge in [0.2, 0.25) is 0 Å². The Morgan fingerprint density at radius 2 is 1.00 bits per heavy atom. The van der Waals surface area contributed by atoms with Crippen LogP contribution in [0, 0.1) is 23.7 Å². The first-order valence-electron chi connectivity index (χ1n) is 6.95. The van der Waals surface area contributed by atoms with E-state index in [4.69, 9.17) is 25.1 Å². The van der Waals surface area contributed by atoms with Crippen molar-refractivity contribution in [2.45, 2.75) is 12.1 Å². The van der Waals surface area contributed by atoms with Crippen LogP contribution in [0.15, 0.2) is 0 Å². The molecular formula is C12H15O15P. The van der Waals surface area contributed by atoms with Crippen molar-refractivity contribution in [1.29, 1.82) is 0 Å². The fourth-order valence-electron chi connectivity index (χ4n) is 2.65. The average Bonchev–Trinajstić information content (AvgIpc) is 2.45. The highest BCUT2D eigenvalue weighted by Crippen LogP contribution is 2.49. The lowest BCUT2D eigenvalue weighted by atomic mass is 9.72. The molecule has 5 unspecified atom stereocenters. The first kappa shape index (κ1) is 25.0. The topological polar surface area (TPSA) is 281 Å². The maximum atomic E-state index is 11.5. The lowest BCUT2D eigenvalue weighted by Gasteiger charge is -2.32. The minimum Gasteiger partial charge on any atom is -0.481 e. The van der Waals surface area contributed by atoms with Gasteiger partial charge in [0.25, 0.3) is 0 Å². The zero-order chi connectivity index (χ0) is 22.6. The van der Waals surface area contributed by atoms with Gasteiger partial charge in [0, 0.05) is 0 Å². The Kier molecular flexibility index (Phi) is 8.25. The van der Waals surface area contributed by atoms with Crippen LogP contribution >= 0.6 is 7.60 Å². The van der Waals surface area contributed by atoms with E-state index in [1.54, 1.807) is 0 Å². The van der Waals surface area contributed by atoms with Crippen molar-refractivity contribution in [1.82, 2.24) is 0 Å². The molecule has 28 heavy (non-hydrogen) atoms. The van der Waals surface area contributed by atoms with E-state index in [1.807, 2.05) is 0 Å². The number of carboxylic acid groups (broad SMARTS) is 6. The van der Waals surface area contributed by atoms with Crippen molar-refractivity contribution in [2.75, 3.05) is 0 Å². The predicted octanol–water partition coefficient (Wildman–Crippen LogP) is -2.10. The third-order valence-corrected chi connectivity index (χ3v) is 5.00. The Balaban J connectivity index is 6.80. The standard InChI is InChI=1S/C12H15O15P/c13-3(14)1-2(8(15)16)4(9(17)18)5(10(19)20)6(11(21)22)7(12(23)24)28(25,26)27/h2,4-7H,1H2,(H,13,14)(H,15,16)(H,17,18)(H,19,20)(H,21,22)(H,23,24)(H2,25,26,27). The van der Waals surface area contributed by atoms with Crippen molar-refractivity contribution in [3.63, 3.8) is 0 Å². The molecule has 0 saturated carbocycles. The molecule has 0 aromatic carbocycles. The molecule has 15 nitrogen and oxygen atoms in total. The highest BCUT2D eigenvalue weighted by atomic mass is 31.2. The van der Waals surface area contributed by atoms with E-state index in [9.17, 15) is 48.7 Å². The SMILES string of the molecule is O=C(O)CC(C(=O)O)C(C(=O)O)C(C(=O)O)C(C(=O)O)C(C(=O)O)P(=O)(O)O. The van der Waals surface area contributed by atoms with Gasteiger partial charge in [0.15, 0.2) is 5.66 Å². The highest BCUT2D eigenvalue weighted by molar-refractivity contribution is 7.53.